The van der Waals surface area contributed by atoms with Crippen LogP contribution in [0.2, 0.25) is 0 Å². The minimum atomic E-state index is 0.0813. The molecule has 2 aliphatic rings. The van der Waals surface area contributed by atoms with Crippen molar-refractivity contribution in [3.63, 3.8) is 0 Å². The minimum Gasteiger partial charge on any atom is -0.508 e. The second-order valence-electron chi connectivity index (χ2n) is 10.5. The summed E-state index contributed by atoms with van der Waals surface area (Å²) in [4.78, 5) is 15.1. The fraction of sp³-hybridized carbons (Fsp3) is 0.344. The number of rotatable bonds is 9. The molecule has 2 saturated heterocycles. The summed E-state index contributed by atoms with van der Waals surface area (Å²) in [6, 6.07) is 20.5. The number of fused-ring (bicyclic) bond motifs is 1. The van der Waals surface area contributed by atoms with Gasteiger partial charge in [-0.3, -0.25) is 9.69 Å². The molecule has 6 nitrogen and oxygen atoms in total. The summed E-state index contributed by atoms with van der Waals surface area (Å²) >= 11 is 1.70. The van der Waals surface area contributed by atoms with Crippen molar-refractivity contribution in [2.24, 2.45) is 0 Å². The Labute approximate surface area is 233 Å². The van der Waals surface area contributed by atoms with Crippen molar-refractivity contribution in [3.8, 4) is 27.7 Å². The van der Waals surface area contributed by atoms with Crippen LogP contribution in [0.5, 0.6) is 17.2 Å². The maximum absolute atomic E-state index is 11.5. The van der Waals surface area contributed by atoms with Gasteiger partial charge in [0.1, 0.15) is 23.9 Å². The monoisotopic (exact) mass is 542 g/mol. The SMILES string of the molecule is COc1cc(Cc2c(-c3ccc(OCC4CCC(=O)N4)cc3)sc3cc(O)ccc23)ccc1CN1CCCC1. The third kappa shape index (κ3) is 5.75. The first kappa shape index (κ1) is 25.7. The van der Waals surface area contributed by atoms with Crippen molar-refractivity contribution in [3.05, 3.63) is 77.4 Å². The van der Waals surface area contributed by atoms with Crippen LogP contribution in [-0.4, -0.2) is 48.8 Å². The van der Waals surface area contributed by atoms with Crippen LogP contribution < -0.4 is 14.8 Å². The molecule has 3 heterocycles. The van der Waals surface area contributed by atoms with Crippen LogP contribution in [0, 0.1) is 0 Å². The Morgan fingerprint density at radius 1 is 1.05 bits per heavy atom. The Hall–Kier alpha value is -3.55. The second kappa shape index (κ2) is 11.3. The highest BCUT2D eigenvalue weighted by Crippen LogP contribution is 2.42. The van der Waals surface area contributed by atoms with E-state index in [1.165, 1.54) is 34.4 Å². The number of carbonyl (C=O) groups excluding carboxylic acids is 1. The standard InChI is InChI=1S/C32H34N2O4S/c1-37-29-17-21(4-5-23(29)19-34-14-2-3-15-34)16-28-27-12-9-25(35)18-30(27)39-32(28)22-6-10-26(11-7-22)38-20-24-8-13-31(36)33-24/h4-7,9-12,17-18,24,35H,2-3,8,13-16,19-20H2,1H3,(H,33,36). The van der Waals surface area contributed by atoms with Crippen LogP contribution in [0.25, 0.3) is 20.5 Å². The number of hydrogen-bond acceptors (Lipinski definition) is 6. The fourth-order valence-corrected chi connectivity index (χ4v) is 6.92. The highest BCUT2D eigenvalue weighted by atomic mass is 32.1. The first-order valence-electron chi connectivity index (χ1n) is 13.7. The molecule has 3 aromatic carbocycles. The first-order chi connectivity index (χ1) is 19.1. The van der Waals surface area contributed by atoms with E-state index >= 15 is 0 Å². The van der Waals surface area contributed by atoms with Gasteiger partial charge in [0.15, 0.2) is 0 Å². The number of nitrogens with one attached hydrogen (secondary N) is 1. The number of benzene rings is 3. The van der Waals surface area contributed by atoms with Crippen molar-refractivity contribution >= 4 is 27.3 Å². The zero-order chi connectivity index (χ0) is 26.8. The lowest BCUT2D eigenvalue weighted by molar-refractivity contribution is -0.119. The van der Waals surface area contributed by atoms with Gasteiger partial charge in [-0.15, -0.1) is 11.3 Å². The number of nitrogens with zero attached hydrogens (tertiary/aromatic N) is 1. The molecular formula is C32H34N2O4S. The van der Waals surface area contributed by atoms with Gasteiger partial charge in [0.25, 0.3) is 0 Å². The Morgan fingerprint density at radius 2 is 1.87 bits per heavy atom. The van der Waals surface area contributed by atoms with Gasteiger partial charge >= 0.3 is 0 Å². The molecule has 202 valence electrons. The van der Waals surface area contributed by atoms with Gasteiger partial charge in [-0.2, -0.15) is 0 Å². The lowest BCUT2D eigenvalue weighted by atomic mass is 9.97. The molecule has 7 heteroatoms. The highest BCUT2D eigenvalue weighted by molar-refractivity contribution is 7.22. The number of carbonyl (C=O) groups is 1. The van der Waals surface area contributed by atoms with Crippen LogP contribution in [0.4, 0.5) is 0 Å². The van der Waals surface area contributed by atoms with E-state index in [1.54, 1.807) is 24.5 Å². The number of aromatic hydroxyl groups is 1. The predicted molar refractivity (Wildman–Crippen MR) is 156 cm³/mol. The molecule has 1 aromatic heterocycles. The van der Waals surface area contributed by atoms with Crippen LogP contribution >= 0.6 is 11.3 Å². The highest BCUT2D eigenvalue weighted by Gasteiger charge is 2.21. The molecule has 1 amide bonds. The Balaban J connectivity index is 1.26. The summed E-state index contributed by atoms with van der Waals surface area (Å²) < 4.78 is 12.8. The summed E-state index contributed by atoms with van der Waals surface area (Å²) in [6.07, 6.45) is 4.70. The molecule has 2 N–H and O–H groups in total. The van der Waals surface area contributed by atoms with Crippen molar-refractivity contribution in [1.29, 1.82) is 0 Å². The Morgan fingerprint density at radius 3 is 2.62 bits per heavy atom. The van der Waals surface area contributed by atoms with Crippen molar-refractivity contribution < 1.29 is 19.4 Å². The van der Waals surface area contributed by atoms with E-state index in [0.717, 1.165) is 59.6 Å². The number of likely N-dealkylation sites (tertiary alicyclic amines) is 1. The van der Waals surface area contributed by atoms with Gasteiger partial charge in [-0.1, -0.05) is 12.1 Å². The lowest BCUT2D eigenvalue weighted by Gasteiger charge is -2.18. The number of hydrogen-bond donors (Lipinski definition) is 2. The third-order valence-electron chi connectivity index (χ3n) is 7.75. The fourth-order valence-electron chi connectivity index (χ4n) is 5.66. The normalized spacial score (nSPS) is 17.6. The van der Waals surface area contributed by atoms with E-state index in [-0.39, 0.29) is 17.7 Å². The van der Waals surface area contributed by atoms with Gasteiger partial charge in [0.05, 0.1) is 13.2 Å². The molecule has 1 atom stereocenters. The molecule has 4 aromatic rings. The topological polar surface area (TPSA) is 71.0 Å². The molecule has 1 unspecified atom stereocenters. The summed E-state index contributed by atoms with van der Waals surface area (Å²) in [5, 5.41) is 14.3. The Kier molecular flexibility index (Phi) is 7.44. The van der Waals surface area contributed by atoms with Gasteiger partial charge in [0.2, 0.25) is 5.91 Å². The zero-order valence-corrected chi connectivity index (χ0v) is 23.1. The molecule has 0 aliphatic carbocycles. The van der Waals surface area contributed by atoms with E-state index in [0.29, 0.717) is 13.0 Å². The minimum absolute atomic E-state index is 0.0813. The van der Waals surface area contributed by atoms with Gasteiger partial charge in [0, 0.05) is 28.1 Å². The smallest absolute Gasteiger partial charge is 0.220 e. The molecule has 2 aliphatic heterocycles. The van der Waals surface area contributed by atoms with Crippen LogP contribution in [0.1, 0.15) is 42.4 Å². The maximum Gasteiger partial charge on any atom is 0.220 e. The second-order valence-corrected chi connectivity index (χ2v) is 11.6. The molecule has 2 fully saturated rings. The quantitative estimate of drug-likeness (QED) is 0.266. The van der Waals surface area contributed by atoms with Crippen molar-refractivity contribution in [2.75, 3.05) is 26.8 Å². The number of phenols is 1. The lowest BCUT2D eigenvalue weighted by Crippen LogP contribution is -2.30. The Bertz CT molecular complexity index is 1470. The molecule has 0 saturated carbocycles. The van der Waals surface area contributed by atoms with Gasteiger partial charge in [-0.05, 0) is 109 Å². The molecule has 0 radical (unpaired) electrons. The van der Waals surface area contributed by atoms with Gasteiger partial charge < -0.3 is 19.9 Å². The number of methoxy groups -OCH3 is 1. The number of ether oxygens (including phenoxy) is 2. The summed E-state index contributed by atoms with van der Waals surface area (Å²) in [6.45, 7) is 3.72. The van der Waals surface area contributed by atoms with E-state index < -0.39 is 0 Å². The number of phenolic OH excluding ortho intramolecular Hbond substituents is 1. The summed E-state index contributed by atoms with van der Waals surface area (Å²) in [5.74, 6) is 2.11. The molecular weight excluding hydrogens is 508 g/mol. The molecule has 0 bridgehead atoms. The van der Waals surface area contributed by atoms with E-state index in [1.807, 2.05) is 24.3 Å². The predicted octanol–water partition coefficient (Wildman–Crippen LogP) is 6.13. The van der Waals surface area contributed by atoms with Crippen LogP contribution in [-0.2, 0) is 17.8 Å². The number of thiophene rings is 1. The van der Waals surface area contributed by atoms with Crippen molar-refractivity contribution in [2.45, 2.75) is 44.7 Å². The molecule has 0 spiro atoms. The maximum atomic E-state index is 11.5. The van der Waals surface area contributed by atoms with E-state index in [4.69, 9.17) is 9.47 Å². The largest absolute Gasteiger partial charge is 0.508 e. The molecule has 39 heavy (non-hydrogen) atoms. The zero-order valence-electron chi connectivity index (χ0n) is 22.2. The molecule has 6 rings (SSSR count). The van der Waals surface area contributed by atoms with Gasteiger partial charge in [-0.25, -0.2) is 0 Å². The van der Waals surface area contributed by atoms with E-state index in [9.17, 15) is 9.90 Å². The van der Waals surface area contributed by atoms with Crippen LogP contribution in [0.3, 0.4) is 0 Å². The average Bonchev–Trinajstić information content (AvgIpc) is 3.69. The summed E-state index contributed by atoms with van der Waals surface area (Å²) in [7, 11) is 1.76. The number of amides is 1. The average molecular weight is 543 g/mol. The van der Waals surface area contributed by atoms with Crippen molar-refractivity contribution in [1.82, 2.24) is 10.2 Å². The summed E-state index contributed by atoms with van der Waals surface area (Å²) in [5.41, 5.74) is 4.79. The van der Waals surface area contributed by atoms with Crippen LogP contribution in [0.15, 0.2) is 60.7 Å². The third-order valence-corrected chi connectivity index (χ3v) is 9.00. The first-order valence-corrected chi connectivity index (χ1v) is 14.5. The van der Waals surface area contributed by atoms with E-state index in [2.05, 4.69) is 40.5 Å².